The number of anilines is 2. The van der Waals surface area contributed by atoms with E-state index in [-0.39, 0.29) is 17.5 Å². The van der Waals surface area contributed by atoms with Crippen LogP contribution in [0.3, 0.4) is 0 Å². The molecule has 7 nitrogen and oxygen atoms in total. The Morgan fingerprint density at radius 2 is 2.00 bits per heavy atom. The van der Waals surface area contributed by atoms with Crippen molar-refractivity contribution in [3.8, 4) is 0 Å². The zero-order chi connectivity index (χ0) is 17.8. The predicted octanol–water partition coefficient (Wildman–Crippen LogP) is 3.29. The third-order valence-electron chi connectivity index (χ3n) is 3.41. The van der Waals surface area contributed by atoms with Gasteiger partial charge >= 0.3 is 0 Å². The quantitative estimate of drug-likeness (QED) is 0.498. The summed E-state index contributed by atoms with van der Waals surface area (Å²) < 4.78 is 0. The molecule has 126 valence electrons. The number of amides is 2. The van der Waals surface area contributed by atoms with E-state index in [4.69, 9.17) is 0 Å². The van der Waals surface area contributed by atoms with Gasteiger partial charge in [0.1, 0.15) is 0 Å². The number of hydrogen-bond acceptors (Lipinski definition) is 5. The van der Waals surface area contributed by atoms with Gasteiger partial charge in [-0.1, -0.05) is 0 Å². The molecule has 0 saturated heterocycles. The fraction of sp³-hybridized carbons (Fsp3) is 0.0588. The summed E-state index contributed by atoms with van der Waals surface area (Å²) in [5.41, 5.74) is 1.92. The number of thioether (sulfide) groups is 1. The average Bonchev–Trinajstić information content (AvgIpc) is 2.60. The molecule has 0 unspecified atom stereocenters. The fourth-order valence-electron chi connectivity index (χ4n) is 2.22. The van der Waals surface area contributed by atoms with Crippen LogP contribution in [0.1, 0.15) is 5.56 Å². The smallest absolute Gasteiger partial charge is 0.269 e. The van der Waals surface area contributed by atoms with E-state index in [2.05, 4.69) is 10.6 Å². The summed E-state index contributed by atoms with van der Waals surface area (Å²) in [6, 6.07) is 11.2. The summed E-state index contributed by atoms with van der Waals surface area (Å²) in [5, 5.41) is 16.1. The van der Waals surface area contributed by atoms with Crippen molar-refractivity contribution in [1.82, 2.24) is 0 Å². The summed E-state index contributed by atoms with van der Waals surface area (Å²) in [5.74, 6) is -0.0245. The molecular weight excluding hydrogens is 342 g/mol. The maximum absolute atomic E-state index is 12.0. The molecule has 8 heteroatoms. The van der Waals surface area contributed by atoms with Crippen molar-refractivity contribution < 1.29 is 14.5 Å². The van der Waals surface area contributed by atoms with Crippen molar-refractivity contribution in [2.75, 3.05) is 16.4 Å². The largest absolute Gasteiger partial charge is 0.324 e. The number of nitro groups is 1. The van der Waals surface area contributed by atoms with E-state index >= 15 is 0 Å². The fourth-order valence-corrected chi connectivity index (χ4v) is 3.01. The number of nitro benzene ring substituents is 1. The van der Waals surface area contributed by atoms with Crippen LogP contribution in [0.15, 0.2) is 53.4 Å². The van der Waals surface area contributed by atoms with Crippen LogP contribution in [-0.4, -0.2) is 22.5 Å². The molecule has 3 rings (SSSR count). The predicted molar refractivity (Wildman–Crippen MR) is 96.6 cm³/mol. The Kier molecular flexibility index (Phi) is 4.80. The number of non-ortho nitro benzene ring substituents is 1. The van der Waals surface area contributed by atoms with Crippen molar-refractivity contribution >= 4 is 46.7 Å². The molecule has 0 fully saturated rings. The maximum atomic E-state index is 12.0. The lowest BCUT2D eigenvalue weighted by molar-refractivity contribution is -0.384. The van der Waals surface area contributed by atoms with Gasteiger partial charge in [-0.05, 0) is 42.0 Å². The van der Waals surface area contributed by atoms with Crippen molar-refractivity contribution in [3.63, 3.8) is 0 Å². The Balaban J connectivity index is 1.65. The molecule has 0 aliphatic carbocycles. The second kappa shape index (κ2) is 7.18. The van der Waals surface area contributed by atoms with E-state index in [0.29, 0.717) is 22.7 Å². The first-order chi connectivity index (χ1) is 12.0. The van der Waals surface area contributed by atoms with E-state index < -0.39 is 4.92 Å². The Labute approximate surface area is 147 Å². The monoisotopic (exact) mass is 355 g/mol. The van der Waals surface area contributed by atoms with Crippen LogP contribution in [0.2, 0.25) is 0 Å². The average molecular weight is 355 g/mol. The van der Waals surface area contributed by atoms with Crippen molar-refractivity contribution in [2.45, 2.75) is 4.90 Å². The van der Waals surface area contributed by atoms with Gasteiger partial charge in [0, 0.05) is 28.8 Å². The molecule has 2 amide bonds. The zero-order valence-electron chi connectivity index (χ0n) is 12.9. The van der Waals surface area contributed by atoms with E-state index in [1.807, 2.05) is 6.07 Å². The normalized spacial score (nSPS) is 13.2. The molecule has 1 aliphatic heterocycles. The van der Waals surface area contributed by atoms with Gasteiger partial charge in [0.15, 0.2) is 0 Å². The molecule has 0 radical (unpaired) electrons. The second-order valence-electron chi connectivity index (χ2n) is 5.22. The van der Waals surface area contributed by atoms with Crippen LogP contribution in [0.5, 0.6) is 0 Å². The third kappa shape index (κ3) is 4.24. The molecule has 0 atom stereocenters. The number of carbonyl (C=O) groups excluding carboxylic acids is 2. The van der Waals surface area contributed by atoms with Crippen LogP contribution in [0, 0.1) is 10.1 Å². The molecule has 2 N–H and O–H groups in total. The summed E-state index contributed by atoms with van der Waals surface area (Å²) in [6.45, 7) is 0. The Morgan fingerprint density at radius 1 is 1.24 bits per heavy atom. The molecule has 2 aromatic rings. The number of nitrogens with zero attached hydrogens (tertiary/aromatic N) is 1. The lowest BCUT2D eigenvalue weighted by Gasteiger charge is -2.17. The van der Waals surface area contributed by atoms with Crippen LogP contribution >= 0.6 is 11.8 Å². The highest BCUT2D eigenvalue weighted by atomic mass is 32.2. The summed E-state index contributed by atoms with van der Waals surface area (Å²) in [7, 11) is 0. The highest BCUT2D eigenvalue weighted by molar-refractivity contribution is 8.00. The van der Waals surface area contributed by atoms with Crippen LogP contribution in [-0.2, 0) is 9.59 Å². The second-order valence-corrected chi connectivity index (χ2v) is 6.24. The Hall–Kier alpha value is -3.13. The lowest BCUT2D eigenvalue weighted by atomic mass is 10.2. The molecule has 0 spiro atoms. The van der Waals surface area contributed by atoms with Crippen molar-refractivity contribution in [3.05, 3.63) is 64.2 Å². The first-order valence-corrected chi connectivity index (χ1v) is 8.30. The highest BCUT2D eigenvalue weighted by Gasteiger charge is 2.15. The molecule has 2 aromatic carbocycles. The van der Waals surface area contributed by atoms with Crippen molar-refractivity contribution in [1.29, 1.82) is 0 Å². The maximum Gasteiger partial charge on any atom is 0.269 e. The number of hydrogen-bond donors (Lipinski definition) is 2. The standard InChI is InChI=1S/C17H13N3O4S/c21-16(8-3-11-1-5-13(6-2-11)20(23)24)18-12-4-7-15-14(9-12)19-17(22)10-25-15/h1-9H,10H2,(H,18,21)(H,19,22)/b8-3+. The molecular formula is C17H13N3O4S. The van der Waals surface area contributed by atoms with Crippen LogP contribution in [0.4, 0.5) is 17.1 Å². The Bertz CT molecular complexity index is 878. The van der Waals surface area contributed by atoms with Gasteiger partial charge in [0.2, 0.25) is 11.8 Å². The first kappa shape index (κ1) is 16.7. The first-order valence-electron chi connectivity index (χ1n) is 7.31. The summed E-state index contributed by atoms with van der Waals surface area (Å²) in [6.07, 6.45) is 2.91. The number of benzene rings is 2. The molecule has 0 bridgehead atoms. The van der Waals surface area contributed by atoms with Gasteiger partial charge in [0.25, 0.3) is 5.69 Å². The van der Waals surface area contributed by atoms with E-state index in [9.17, 15) is 19.7 Å². The number of nitrogens with one attached hydrogen (secondary N) is 2. The number of rotatable bonds is 4. The van der Waals surface area contributed by atoms with E-state index in [1.54, 1.807) is 30.3 Å². The molecule has 0 saturated carbocycles. The van der Waals surface area contributed by atoms with E-state index in [0.717, 1.165) is 4.90 Å². The topological polar surface area (TPSA) is 101 Å². The number of fused-ring (bicyclic) bond motifs is 1. The number of carbonyl (C=O) groups is 2. The van der Waals surface area contributed by atoms with Crippen molar-refractivity contribution in [2.24, 2.45) is 0 Å². The third-order valence-corrected chi connectivity index (χ3v) is 4.48. The minimum Gasteiger partial charge on any atom is -0.324 e. The SMILES string of the molecule is O=C(/C=C/c1ccc([N+](=O)[O-])cc1)Nc1ccc2c(c1)NC(=O)CS2. The molecule has 0 aromatic heterocycles. The minimum absolute atomic E-state index is 0.00409. The van der Waals surface area contributed by atoms with Crippen LogP contribution < -0.4 is 10.6 Å². The van der Waals surface area contributed by atoms with Gasteiger partial charge in [-0.15, -0.1) is 11.8 Å². The van der Waals surface area contributed by atoms with Gasteiger partial charge in [-0.25, -0.2) is 0 Å². The van der Waals surface area contributed by atoms with Gasteiger partial charge in [-0.3, -0.25) is 19.7 Å². The highest BCUT2D eigenvalue weighted by Crippen LogP contribution is 2.33. The van der Waals surface area contributed by atoms with Gasteiger partial charge in [-0.2, -0.15) is 0 Å². The Morgan fingerprint density at radius 3 is 2.72 bits per heavy atom. The minimum atomic E-state index is -0.479. The van der Waals surface area contributed by atoms with Gasteiger partial charge < -0.3 is 10.6 Å². The molecule has 25 heavy (non-hydrogen) atoms. The zero-order valence-corrected chi connectivity index (χ0v) is 13.7. The van der Waals surface area contributed by atoms with Crippen LogP contribution in [0.25, 0.3) is 6.08 Å². The molecule has 1 aliphatic rings. The van der Waals surface area contributed by atoms with E-state index in [1.165, 1.54) is 30.0 Å². The summed E-state index contributed by atoms with van der Waals surface area (Å²) >= 11 is 1.45. The summed E-state index contributed by atoms with van der Waals surface area (Å²) in [4.78, 5) is 34.5. The lowest BCUT2D eigenvalue weighted by Crippen LogP contribution is -2.19. The van der Waals surface area contributed by atoms with Gasteiger partial charge in [0.05, 0.1) is 16.4 Å². The molecule has 1 heterocycles.